The van der Waals surface area contributed by atoms with Crippen molar-refractivity contribution in [3.63, 3.8) is 0 Å². The molecule has 5 nitrogen and oxygen atoms in total. The summed E-state index contributed by atoms with van der Waals surface area (Å²) in [6.07, 6.45) is 5.63. The molecule has 0 aliphatic rings. The molecule has 0 spiro atoms. The first-order valence-electron chi connectivity index (χ1n) is 21.7. The smallest absolute Gasteiger partial charge is 0.268 e. The number of rotatable bonds is 7. The van der Waals surface area contributed by atoms with Gasteiger partial charge in [0.25, 0.3) is 6.33 Å². The van der Waals surface area contributed by atoms with E-state index in [1.807, 2.05) is 24.4 Å². The first kappa shape index (κ1) is 43.9. The van der Waals surface area contributed by atoms with E-state index in [2.05, 4.69) is 224 Å². The van der Waals surface area contributed by atoms with Gasteiger partial charge in [0.15, 0.2) is 0 Å². The van der Waals surface area contributed by atoms with Gasteiger partial charge in [0.05, 0.1) is 16.7 Å². The van der Waals surface area contributed by atoms with Gasteiger partial charge in [0, 0.05) is 49.7 Å². The van der Waals surface area contributed by atoms with Crippen molar-refractivity contribution in [1.82, 2.24) is 14.1 Å². The van der Waals surface area contributed by atoms with Crippen molar-refractivity contribution in [1.29, 1.82) is 0 Å². The van der Waals surface area contributed by atoms with E-state index in [0.717, 1.165) is 50.0 Å². The van der Waals surface area contributed by atoms with Crippen molar-refractivity contribution in [2.24, 2.45) is 0 Å². The molecule has 0 saturated heterocycles. The van der Waals surface area contributed by atoms with Crippen LogP contribution in [0.4, 0.5) is 0 Å². The van der Waals surface area contributed by atoms with Gasteiger partial charge in [0.2, 0.25) is 0 Å². The predicted molar refractivity (Wildman–Crippen MR) is 255 cm³/mol. The third kappa shape index (κ3) is 8.29. The molecular weight excluding hydrogens is 952 g/mol. The van der Waals surface area contributed by atoms with Crippen LogP contribution in [0.3, 0.4) is 0 Å². The monoisotopic (exact) mass is 1010 g/mol. The second-order valence-electron chi connectivity index (χ2n) is 20.3. The van der Waals surface area contributed by atoms with Gasteiger partial charge in [-0.25, -0.2) is 4.98 Å². The average Bonchev–Trinajstić information content (AvgIpc) is 3.79. The number of imidazole rings is 1. The van der Waals surface area contributed by atoms with Crippen LogP contribution in [-0.4, -0.2) is 14.1 Å². The van der Waals surface area contributed by atoms with E-state index in [9.17, 15) is 0 Å². The van der Waals surface area contributed by atoms with Crippen LogP contribution in [-0.2, 0) is 42.7 Å². The Morgan fingerprint density at radius 3 is 1.89 bits per heavy atom. The van der Waals surface area contributed by atoms with Crippen LogP contribution in [0.2, 0.25) is 0 Å². The molecule has 3 heterocycles. The van der Waals surface area contributed by atoms with E-state index in [1.54, 1.807) is 0 Å². The van der Waals surface area contributed by atoms with E-state index in [1.165, 1.54) is 27.8 Å². The topological polar surface area (TPSA) is 35.9 Å². The standard InChI is InChI=1S/C57H56N4O.Pt/c1-54(2,3)39-24-27-49-48(33-39)47-26-25-46(36-52(47)61(49)53-34-40(28-29-58-53)57(10,11)38-18-13-12-14-19-38)62-45-21-17-20-43(35-45)59-37-60(51-23-16-15-22-50(51)59)44-31-41(55(4,5)6)30-42(32-44)56(7,8)9;/h12-34H,1-11H3;/q-2;. The van der Waals surface area contributed by atoms with Crippen molar-refractivity contribution in [2.75, 3.05) is 0 Å². The molecule has 3 aromatic heterocycles. The van der Waals surface area contributed by atoms with Gasteiger partial charge in [-0.3, -0.25) is 4.57 Å². The van der Waals surface area contributed by atoms with Gasteiger partial charge in [-0.05, 0) is 85.5 Å². The van der Waals surface area contributed by atoms with Crippen LogP contribution in [0.1, 0.15) is 104 Å². The summed E-state index contributed by atoms with van der Waals surface area (Å²) in [7, 11) is 0. The summed E-state index contributed by atoms with van der Waals surface area (Å²) in [4.78, 5) is 4.99. The van der Waals surface area contributed by atoms with Crippen molar-refractivity contribution in [3.8, 4) is 28.7 Å². The van der Waals surface area contributed by atoms with E-state index in [0.29, 0.717) is 11.5 Å². The molecule has 0 aliphatic carbocycles. The number of benzene rings is 6. The molecule has 0 radical (unpaired) electrons. The summed E-state index contributed by atoms with van der Waals surface area (Å²) in [6, 6.07) is 54.7. The molecular formula is C57H56N4OPt-2. The molecule has 63 heavy (non-hydrogen) atoms. The first-order valence-corrected chi connectivity index (χ1v) is 21.7. The SMILES string of the molecule is CC(C)(C)c1cc(-[n+]2[c-]n(-c3[c-]c(Oc4[c-]c5c(cc4)c4cc(C(C)(C)C)ccc4n5-c4cc(C(C)(C)c5ccccc5)ccn4)ccc3)c3ccccc32)cc(C(C)(C)C)c1.[Pt]. The van der Waals surface area contributed by atoms with E-state index in [4.69, 9.17) is 9.72 Å². The van der Waals surface area contributed by atoms with Gasteiger partial charge in [0.1, 0.15) is 5.82 Å². The first-order chi connectivity index (χ1) is 29.4. The van der Waals surface area contributed by atoms with Gasteiger partial charge < -0.3 is 13.9 Å². The Kier molecular flexibility index (Phi) is 11.2. The normalized spacial score (nSPS) is 12.6. The minimum atomic E-state index is -0.233. The fraction of sp³-hybridized carbons (Fsp3) is 0.263. The number of fused-ring (bicyclic) bond motifs is 4. The summed E-state index contributed by atoms with van der Waals surface area (Å²) in [5.41, 5.74) is 12.0. The Bertz CT molecular complexity index is 3100. The zero-order valence-electron chi connectivity index (χ0n) is 38.3. The molecule has 0 bridgehead atoms. The minimum absolute atomic E-state index is 0. The van der Waals surface area contributed by atoms with Gasteiger partial charge in [-0.15, -0.1) is 29.7 Å². The second-order valence-corrected chi connectivity index (χ2v) is 20.3. The van der Waals surface area contributed by atoms with Crippen molar-refractivity contribution in [2.45, 2.75) is 97.8 Å². The average molecular weight is 1010 g/mol. The van der Waals surface area contributed by atoms with Crippen molar-refractivity contribution < 1.29 is 30.4 Å². The largest absolute Gasteiger partial charge is 0.510 e. The van der Waals surface area contributed by atoms with E-state index >= 15 is 0 Å². The third-order valence-corrected chi connectivity index (χ3v) is 12.4. The van der Waals surface area contributed by atoms with Crippen LogP contribution < -0.4 is 9.30 Å². The van der Waals surface area contributed by atoms with Crippen LogP contribution in [0, 0.1) is 18.5 Å². The van der Waals surface area contributed by atoms with Gasteiger partial charge in [-0.1, -0.05) is 154 Å². The van der Waals surface area contributed by atoms with E-state index in [-0.39, 0.29) is 42.7 Å². The molecule has 6 heteroatoms. The van der Waals surface area contributed by atoms with Crippen LogP contribution in [0.25, 0.3) is 50.0 Å². The molecule has 9 aromatic rings. The Hall–Kier alpha value is -5.77. The van der Waals surface area contributed by atoms with Gasteiger partial charge in [-0.2, -0.15) is 18.2 Å². The quantitative estimate of drug-likeness (QED) is 0.118. The minimum Gasteiger partial charge on any atom is -0.510 e. The summed E-state index contributed by atoms with van der Waals surface area (Å²) >= 11 is 0. The summed E-state index contributed by atoms with van der Waals surface area (Å²) in [5, 5.41) is 2.25. The number of hydrogen-bond acceptors (Lipinski definition) is 2. The third-order valence-electron chi connectivity index (χ3n) is 12.4. The molecule has 0 N–H and O–H groups in total. The van der Waals surface area contributed by atoms with Crippen LogP contribution in [0.15, 0.2) is 140 Å². The molecule has 0 saturated carbocycles. The maximum Gasteiger partial charge on any atom is 0.268 e. The fourth-order valence-electron chi connectivity index (χ4n) is 8.42. The Balaban J connectivity index is 0.00000544. The number of nitrogens with zero attached hydrogens (tertiary/aromatic N) is 4. The number of pyridine rings is 1. The van der Waals surface area contributed by atoms with Crippen molar-refractivity contribution >= 4 is 32.8 Å². The molecule has 6 aromatic carbocycles. The van der Waals surface area contributed by atoms with Crippen LogP contribution in [0.5, 0.6) is 11.5 Å². The molecule has 0 unspecified atom stereocenters. The fourth-order valence-corrected chi connectivity index (χ4v) is 8.42. The molecule has 322 valence electrons. The molecule has 9 rings (SSSR count). The number of ether oxygens (including phenoxy) is 1. The Morgan fingerprint density at radius 2 is 1.19 bits per heavy atom. The Morgan fingerprint density at radius 1 is 0.524 bits per heavy atom. The zero-order chi connectivity index (χ0) is 43.8. The zero-order valence-corrected chi connectivity index (χ0v) is 40.6. The molecule has 0 fully saturated rings. The van der Waals surface area contributed by atoms with Crippen LogP contribution >= 0.6 is 0 Å². The number of hydrogen-bond donors (Lipinski definition) is 0. The van der Waals surface area contributed by atoms with Gasteiger partial charge >= 0.3 is 0 Å². The summed E-state index contributed by atoms with van der Waals surface area (Å²) < 4.78 is 13.2. The maximum atomic E-state index is 6.68. The molecule has 0 atom stereocenters. The van der Waals surface area contributed by atoms with E-state index < -0.39 is 0 Å². The predicted octanol–water partition coefficient (Wildman–Crippen LogP) is 13.8. The van der Waals surface area contributed by atoms with Crippen molar-refractivity contribution in [3.05, 3.63) is 186 Å². The number of para-hydroxylation sites is 2. The summed E-state index contributed by atoms with van der Waals surface area (Å²) in [5.74, 6) is 2.02. The number of aromatic nitrogens is 4. The molecule has 0 amide bonds. The Labute approximate surface area is 387 Å². The maximum absolute atomic E-state index is 6.68. The summed E-state index contributed by atoms with van der Waals surface area (Å²) in [6.45, 7) is 25.0. The second kappa shape index (κ2) is 16.1. The molecule has 0 aliphatic heterocycles.